The van der Waals surface area contributed by atoms with Gasteiger partial charge >= 0.3 is 0 Å². The lowest BCUT2D eigenvalue weighted by Gasteiger charge is -2.27. The molecule has 3 heteroatoms. The van der Waals surface area contributed by atoms with Crippen molar-refractivity contribution >= 4 is 6.29 Å². The van der Waals surface area contributed by atoms with E-state index in [9.17, 15) is 4.79 Å². The average Bonchev–Trinajstić information content (AvgIpc) is 2.28. The van der Waals surface area contributed by atoms with Crippen molar-refractivity contribution in [3.05, 3.63) is 28.8 Å². The van der Waals surface area contributed by atoms with Gasteiger partial charge in [-0.25, -0.2) is 0 Å². The van der Waals surface area contributed by atoms with E-state index < -0.39 is 0 Å². The fourth-order valence-electron chi connectivity index (χ4n) is 2.21. The molecular weight excluding hydrogens is 226 g/mol. The predicted octanol–water partition coefficient (Wildman–Crippen LogP) is 2.38. The van der Waals surface area contributed by atoms with Gasteiger partial charge in [-0.3, -0.25) is 0 Å². The topological polar surface area (TPSA) is 38.3 Å². The Labute approximate surface area is 110 Å². The number of aldehydes is 1. The first kappa shape index (κ1) is 14.7. The number of carbonyl (C=O) groups excluding carboxylic acids is 1. The molecule has 0 spiro atoms. The lowest BCUT2D eigenvalue weighted by atomic mass is 9.82. The van der Waals surface area contributed by atoms with E-state index in [1.165, 1.54) is 5.56 Å². The molecular formula is C15H23NO2. The van der Waals surface area contributed by atoms with Crippen LogP contribution in [-0.2, 0) is 10.2 Å². The molecule has 0 aliphatic carbocycles. The first-order chi connectivity index (χ1) is 8.42. The Hall–Kier alpha value is -1.35. The third-order valence-electron chi connectivity index (χ3n) is 3.24. The molecule has 1 rings (SSSR count). The van der Waals surface area contributed by atoms with Crippen molar-refractivity contribution in [1.82, 2.24) is 5.32 Å². The van der Waals surface area contributed by atoms with Gasteiger partial charge in [0.1, 0.15) is 12.0 Å². The third-order valence-corrected chi connectivity index (χ3v) is 3.24. The van der Waals surface area contributed by atoms with Crippen LogP contribution in [0.5, 0.6) is 5.75 Å². The lowest BCUT2D eigenvalue weighted by molar-refractivity contribution is -0.107. The smallest absolute Gasteiger partial charge is 0.133 e. The Bertz CT molecular complexity index is 401. The molecule has 0 aliphatic rings. The molecule has 0 unspecified atom stereocenters. The van der Waals surface area contributed by atoms with Crippen LogP contribution >= 0.6 is 0 Å². The Morgan fingerprint density at radius 1 is 1.28 bits per heavy atom. The molecule has 0 amide bonds. The monoisotopic (exact) mass is 249 g/mol. The zero-order valence-electron chi connectivity index (χ0n) is 12.0. The fraction of sp³-hybridized carbons (Fsp3) is 0.533. The molecule has 0 heterocycles. The van der Waals surface area contributed by atoms with E-state index in [1.54, 1.807) is 7.11 Å². The van der Waals surface area contributed by atoms with Crippen LogP contribution in [-0.4, -0.2) is 26.5 Å². The summed E-state index contributed by atoms with van der Waals surface area (Å²) in [5.41, 5.74) is 3.55. The van der Waals surface area contributed by atoms with Crippen LogP contribution in [0.15, 0.2) is 12.1 Å². The summed E-state index contributed by atoms with van der Waals surface area (Å²) in [7, 11) is 1.70. The van der Waals surface area contributed by atoms with E-state index in [1.807, 2.05) is 0 Å². The summed E-state index contributed by atoms with van der Waals surface area (Å²) in [4.78, 5) is 10.3. The van der Waals surface area contributed by atoms with Gasteiger partial charge in [0.05, 0.1) is 13.7 Å². The number of hydrogen-bond donors (Lipinski definition) is 1. The number of ether oxygens (including phenoxy) is 1. The molecule has 0 bridgehead atoms. The number of rotatable bonds is 6. The van der Waals surface area contributed by atoms with Gasteiger partial charge in [-0.05, 0) is 30.5 Å². The summed E-state index contributed by atoms with van der Waals surface area (Å²) in [6, 6.07) is 4.32. The van der Waals surface area contributed by atoms with Crippen molar-refractivity contribution in [2.24, 2.45) is 0 Å². The number of hydrogen-bond acceptors (Lipinski definition) is 3. The highest BCUT2D eigenvalue weighted by molar-refractivity contribution is 5.52. The molecule has 0 saturated heterocycles. The van der Waals surface area contributed by atoms with Gasteiger partial charge < -0.3 is 14.8 Å². The summed E-state index contributed by atoms with van der Waals surface area (Å²) in [5, 5.41) is 3.14. The first-order valence-corrected chi connectivity index (χ1v) is 6.22. The summed E-state index contributed by atoms with van der Waals surface area (Å²) in [6.07, 6.45) is 0.889. The van der Waals surface area contributed by atoms with E-state index in [-0.39, 0.29) is 5.41 Å². The summed E-state index contributed by atoms with van der Waals surface area (Å²) in [6.45, 7) is 9.64. The molecule has 1 N–H and O–H groups in total. The minimum absolute atomic E-state index is 0.00913. The number of aryl methyl sites for hydroxylation is 2. The van der Waals surface area contributed by atoms with Gasteiger partial charge in [0.2, 0.25) is 0 Å². The number of methoxy groups -OCH3 is 1. The number of carbonyl (C=O) groups is 1. The number of nitrogens with one attached hydrogen (secondary N) is 1. The van der Waals surface area contributed by atoms with Crippen molar-refractivity contribution in [1.29, 1.82) is 0 Å². The maximum Gasteiger partial charge on any atom is 0.133 e. The van der Waals surface area contributed by atoms with Gasteiger partial charge in [-0.2, -0.15) is 0 Å². The lowest BCUT2D eigenvalue weighted by Crippen LogP contribution is -2.34. The summed E-state index contributed by atoms with van der Waals surface area (Å²) < 4.78 is 5.38. The molecule has 3 nitrogen and oxygen atoms in total. The van der Waals surface area contributed by atoms with E-state index in [0.29, 0.717) is 6.54 Å². The van der Waals surface area contributed by atoms with Gasteiger partial charge in [-0.15, -0.1) is 0 Å². The van der Waals surface area contributed by atoms with Crippen LogP contribution < -0.4 is 10.1 Å². The second-order valence-electron chi connectivity index (χ2n) is 5.32. The zero-order chi connectivity index (χ0) is 13.8. The Balaban J connectivity index is 2.98. The standard InChI is InChI=1S/C15H23NO2/c1-11-8-13(9-12(2)14(11)18-5)15(3,4)10-16-6-7-17/h7-9,16H,6,10H2,1-5H3. The second kappa shape index (κ2) is 6.01. The van der Waals surface area contributed by atoms with E-state index >= 15 is 0 Å². The van der Waals surface area contributed by atoms with Crippen LogP contribution in [0.2, 0.25) is 0 Å². The van der Waals surface area contributed by atoms with Crippen molar-refractivity contribution < 1.29 is 9.53 Å². The molecule has 0 fully saturated rings. The molecule has 0 atom stereocenters. The van der Waals surface area contributed by atoms with Crippen LogP contribution in [0, 0.1) is 13.8 Å². The van der Waals surface area contributed by atoms with Crippen LogP contribution in [0.4, 0.5) is 0 Å². The Morgan fingerprint density at radius 2 is 1.83 bits per heavy atom. The first-order valence-electron chi connectivity index (χ1n) is 6.22. The van der Waals surface area contributed by atoms with Crippen molar-refractivity contribution in [2.75, 3.05) is 20.2 Å². The zero-order valence-corrected chi connectivity index (χ0v) is 12.0. The molecule has 1 aromatic rings. The molecule has 1 aromatic carbocycles. The fourth-order valence-corrected chi connectivity index (χ4v) is 2.21. The van der Waals surface area contributed by atoms with Crippen LogP contribution in [0.25, 0.3) is 0 Å². The van der Waals surface area contributed by atoms with Crippen molar-refractivity contribution in [3.8, 4) is 5.75 Å². The summed E-state index contributed by atoms with van der Waals surface area (Å²) >= 11 is 0. The highest BCUT2D eigenvalue weighted by atomic mass is 16.5. The predicted molar refractivity (Wildman–Crippen MR) is 74.4 cm³/mol. The largest absolute Gasteiger partial charge is 0.496 e. The maximum absolute atomic E-state index is 10.3. The van der Waals surface area contributed by atoms with Crippen LogP contribution in [0.1, 0.15) is 30.5 Å². The second-order valence-corrected chi connectivity index (χ2v) is 5.32. The SMILES string of the molecule is COc1c(C)cc(C(C)(C)CNCC=O)cc1C. The van der Waals surface area contributed by atoms with Gasteiger partial charge in [0.15, 0.2) is 0 Å². The number of benzene rings is 1. The highest BCUT2D eigenvalue weighted by Gasteiger charge is 2.21. The van der Waals surface area contributed by atoms with Crippen molar-refractivity contribution in [3.63, 3.8) is 0 Å². The molecule has 18 heavy (non-hydrogen) atoms. The quantitative estimate of drug-likeness (QED) is 0.621. The molecule has 0 aromatic heterocycles. The molecule has 0 saturated carbocycles. The van der Waals surface area contributed by atoms with Gasteiger partial charge in [0, 0.05) is 12.0 Å². The highest BCUT2D eigenvalue weighted by Crippen LogP contribution is 2.30. The van der Waals surface area contributed by atoms with Gasteiger partial charge in [0.25, 0.3) is 0 Å². The van der Waals surface area contributed by atoms with Crippen LogP contribution in [0.3, 0.4) is 0 Å². The maximum atomic E-state index is 10.3. The minimum Gasteiger partial charge on any atom is -0.496 e. The molecule has 0 aliphatic heterocycles. The molecule has 100 valence electrons. The van der Waals surface area contributed by atoms with E-state index in [2.05, 4.69) is 45.1 Å². The average molecular weight is 249 g/mol. The summed E-state index contributed by atoms with van der Waals surface area (Å²) in [5.74, 6) is 0.954. The third kappa shape index (κ3) is 3.33. The van der Waals surface area contributed by atoms with E-state index in [4.69, 9.17) is 4.74 Å². The van der Waals surface area contributed by atoms with Crippen molar-refractivity contribution in [2.45, 2.75) is 33.1 Å². The van der Waals surface area contributed by atoms with Gasteiger partial charge in [-0.1, -0.05) is 26.0 Å². The normalized spacial score (nSPS) is 11.4. The molecule has 0 radical (unpaired) electrons. The Morgan fingerprint density at radius 3 is 2.28 bits per heavy atom. The van der Waals surface area contributed by atoms with E-state index in [0.717, 1.165) is 29.7 Å². The minimum atomic E-state index is -0.00913. The Kier molecular flexibility index (Phi) is 4.91.